The van der Waals surface area contributed by atoms with Gasteiger partial charge < -0.3 is 25.8 Å². The lowest BCUT2D eigenvalue weighted by molar-refractivity contribution is 0.167. The maximum Gasteiger partial charge on any atom is 0.158 e. The first-order valence-electron chi connectivity index (χ1n) is 16.4. The van der Waals surface area contributed by atoms with E-state index < -0.39 is 0 Å². The van der Waals surface area contributed by atoms with Crippen molar-refractivity contribution in [3.8, 4) is 0 Å². The van der Waals surface area contributed by atoms with Crippen LogP contribution >= 0.6 is 0 Å². The molecular weight excluding hydrogens is 518 g/mol. The third kappa shape index (κ3) is 8.87. The van der Waals surface area contributed by atoms with Crippen molar-refractivity contribution in [2.45, 2.75) is 76.2 Å². The summed E-state index contributed by atoms with van der Waals surface area (Å²) in [6.07, 6.45) is 16.4. The molecule has 0 bridgehead atoms. The molecule has 1 aromatic heterocycles. The minimum atomic E-state index is 0.623. The number of hydrogen-bond acceptors (Lipinski definition) is 6. The van der Waals surface area contributed by atoms with Crippen LogP contribution in [-0.2, 0) is 7.05 Å². The number of nitrogens with zero attached hydrogens (tertiary/aromatic N) is 4. The molecule has 4 rings (SSSR count). The van der Waals surface area contributed by atoms with E-state index in [-0.39, 0.29) is 0 Å². The number of anilines is 1. The zero-order valence-electron chi connectivity index (χ0n) is 26.7. The van der Waals surface area contributed by atoms with Crippen LogP contribution in [-0.4, -0.2) is 67.5 Å². The number of benzene rings is 1. The highest BCUT2D eigenvalue weighted by molar-refractivity contribution is 5.91. The van der Waals surface area contributed by atoms with Gasteiger partial charge in [0.05, 0.1) is 5.52 Å². The van der Waals surface area contributed by atoms with Crippen molar-refractivity contribution in [3.63, 3.8) is 0 Å². The summed E-state index contributed by atoms with van der Waals surface area (Å²) in [4.78, 5) is 4.97. The van der Waals surface area contributed by atoms with Gasteiger partial charge >= 0.3 is 0 Å². The fourth-order valence-electron chi connectivity index (χ4n) is 7.16. The second-order valence-corrected chi connectivity index (χ2v) is 12.8. The minimum absolute atomic E-state index is 0.623. The molecule has 1 unspecified atom stereocenters. The Morgan fingerprint density at radius 2 is 1.86 bits per heavy atom. The number of rotatable bonds is 17. The van der Waals surface area contributed by atoms with Gasteiger partial charge in [0.2, 0.25) is 0 Å². The summed E-state index contributed by atoms with van der Waals surface area (Å²) in [5.41, 5.74) is 3.66. The Labute approximate surface area is 255 Å². The maximum atomic E-state index is 4.88. The Bertz CT molecular complexity index is 1140. The van der Waals surface area contributed by atoms with Crippen LogP contribution in [0.3, 0.4) is 0 Å². The molecule has 1 saturated heterocycles. The summed E-state index contributed by atoms with van der Waals surface area (Å²) < 4.78 is 2.05. The zero-order valence-corrected chi connectivity index (χ0v) is 26.7. The van der Waals surface area contributed by atoms with E-state index in [9.17, 15) is 0 Å². The number of fused-ring (bicyclic) bond motifs is 1. The molecule has 0 spiro atoms. The predicted octanol–water partition coefficient (Wildman–Crippen LogP) is 6.12. The van der Waals surface area contributed by atoms with Crippen molar-refractivity contribution in [1.29, 1.82) is 0 Å². The SMILES string of the molecule is C=CNCCC(CCC1CCC(NC)CC1)CN1CCC(c2ccc3c(N(C)CCC(=C)NC=C)nn(C)c3c2)CC1. The monoisotopic (exact) mass is 575 g/mol. The van der Waals surface area contributed by atoms with Crippen LogP contribution in [0.15, 0.2) is 56.0 Å². The van der Waals surface area contributed by atoms with Gasteiger partial charge in [-0.05, 0) is 119 Å². The zero-order chi connectivity index (χ0) is 29.9. The fourth-order valence-corrected chi connectivity index (χ4v) is 7.16. The van der Waals surface area contributed by atoms with Gasteiger partial charge in [0.1, 0.15) is 0 Å². The molecule has 7 nitrogen and oxygen atoms in total. The van der Waals surface area contributed by atoms with Gasteiger partial charge in [-0.15, -0.1) is 0 Å². The van der Waals surface area contributed by atoms with Crippen molar-refractivity contribution in [2.24, 2.45) is 18.9 Å². The van der Waals surface area contributed by atoms with Crippen molar-refractivity contribution >= 4 is 16.7 Å². The standard InChI is InChI=1S/C35H57N7/c1-7-37-21-17-29(10-9-28-11-14-32(36-4)15-12-28)26-42-23-19-30(20-24-42)31-13-16-33-34(25-31)41(6)39-35(33)40(5)22-18-27(3)38-8-2/h7-8,13,16,25,28-30,32,36-38H,1-3,9-12,14-15,17-24,26H2,4-6H3. The topological polar surface area (TPSA) is 60.4 Å². The van der Waals surface area contributed by atoms with E-state index in [1.54, 1.807) is 6.20 Å². The molecule has 42 heavy (non-hydrogen) atoms. The van der Waals surface area contributed by atoms with Gasteiger partial charge in [0.15, 0.2) is 5.82 Å². The molecule has 2 heterocycles. The Morgan fingerprint density at radius 3 is 2.55 bits per heavy atom. The summed E-state index contributed by atoms with van der Waals surface area (Å²) in [5, 5.41) is 16.0. The van der Waals surface area contributed by atoms with E-state index in [0.29, 0.717) is 5.92 Å². The van der Waals surface area contributed by atoms with Gasteiger partial charge in [-0.3, -0.25) is 4.68 Å². The molecule has 1 aliphatic heterocycles. The molecular formula is C35H57N7. The molecule has 2 aromatic rings. The van der Waals surface area contributed by atoms with Crippen LogP contribution < -0.4 is 20.9 Å². The second kappa shape index (κ2) is 16.2. The summed E-state index contributed by atoms with van der Waals surface area (Å²) in [6.45, 7) is 17.2. The molecule has 1 atom stereocenters. The van der Waals surface area contributed by atoms with E-state index in [1.807, 2.05) is 10.9 Å². The van der Waals surface area contributed by atoms with Gasteiger partial charge in [-0.25, -0.2) is 0 Å². The van der Waals surface area contributed by atoms with Gasteiger partial charge in [0.25, 0.3) is 0 Å². The van der Waals surface area contributed by atoms with Crippen LogP contribution in [0.1, 0.15) is 75.7 Å². The molecule has 1 saturated carbocycles. The highest BCUT2D eigenvalue weighted by Gasteiger charge is 2.25. The molecule has 1 aliphatic carbocycles. The number of nitrogens with one attached hydrogen (secondary N) is 3. The van der Waals surface area contributed by atoms with Crippen molar-refractivity contribution < 1.29 is 0 Å². The Kier molecular flexibility index (Phi) is 12.4. The van der Waals surface area contributed by atoms with Gasteiger partial charge in [-0.2, -0.15) is 5.10 Å². The van der Waals surface area contributed by atoms with Crippen molar-refractivity contribution in [2.75, 3.05) is 51.7 Å². The summed E-state index contributed by atoms with van der Waals surface area (Å²) in [7, 11) is 6.30. The highest BCUT2D eigenvalue weighted by atomic mass is 15.3. The van der Waals surface area contributed by atoms with Gasteiger partial charge in [0, 0.05) is 57.3 Å². The van der Waals surface area contributed by atoms with Crippen molar-refractivity contribution in [1.82, 2.24) is 30.6 Å². The largest absolute Gasteiger partial charge is 0.391 e. The first-order chi connectivity index (χ1) is 20.4. The summed E-state index contributed by atoms with van der Waals surface area (Å²) in [6, 6.07) is 7.78. The number of piperidine rings is 1. The Morgan fingerprint density at radius 1 is 1.10 bits per heavy atom. The highest BCUT2D eigenvalue weighted by Crippen LogP contribution is 2.34. The molecule has 2 aliphatic rings. The van der Waals surface area contributed by atoms with Gasteiger partial charge in [-0.1, -0.05) is 32.2 Å². The quantitative estimate of drug-likeness (QED) is 0.198. The van der Waals surface area contributed by atoms with Crippen LogP contribution in [0.4, 0.5) is 5.82 Å². The fraction of sp³-hybridized carbons (Fsp3) is 0.629. The van der Waals surface area contributed by atoms with Crippen LogP contribution in [0, 0.1) is 11.8 Å². The molecule has 232 valence electrons. The first kappa shape index (κ1) is 32.2. The smallest absolute Gasteiger partial charge is 0.158 e. The molecule has 2 fully saturated rings. The van der Waals surface area contributed by atoms with Crippen LogP contribution in [0.5, 0.6) is 0 Å². The number of hydrogen-bond donors (Lipinski definition) is 3. The predicted molar refractivity (Wildman–Crippen MR) is 180 cm³/mol. The van der Waals surface area contributed by atoms with E-state index >= 15 is 0 Å². The lowest BCUT2D eigenvalue weighted by Gasteiger charge is -2.35. The summed E-state index contributed by atoms with van der Waals surface area (Å²) in [5.74, 6) is 3.35. The normalized spacial score (nSPS) is 20.7. The lowest BCUT2D eigenvalue weighted by atomic mass is 9.81. The molecule has 7 heteroatoms. The summed E-state index contributed by atoms with van der Waals surface area (Å²) >= 11 is 0. The van der Waals surface area contributed by atoms with E-state index in [2.05, 4.69) is 84.8 Å². The number of likely N-dealkylation sites (tertiary alicyclic amines) is 1. The van der Waals surface area contributed by atoms with Crippen molar-refractivity contribution in [3.05, 3.63) is 61.6 Å². The lowest BCUT2D eigenvalue weighted by Crippen LogP contribution is -2.37. The third-order valence-corrected chi connectivity index (χ3v) is 9.93. The molecule has 3 N–H and O–H groups in total. The van der Waals surface area contributed by atoms with Crippen LogP contribution in [0.2, 0.25) is 0 Å². The van der Waals surface area contributed by atoms with E-state index in [4.69, 9.17) is 5.10 Å². The average Bonchev–Trinajstić information content (AvgIpc) is 3.35. The first-order valence-corrected chi connectivity index (χ1v) is 16.4. The average molecular weight is 576 g/mol. The Hall–Kier alpha value is -2.77. The molecule has 0 radical (unpaired) electrons. The molecule has 0 amide bonds. The Balaban J connectivity index is 1.30. The molecule has 1 aromatic carbocycles. The van der Waals surface area contributed by atoms with Crippen LogP contribution in [0.25, 0.3) is 10.9 Å². The number of aromatic nitrogens is 2. The third-order valence-electron chi connectivity index (χ3n) is 9.93. The minimum Gasteiger partial charge on any atom is -0.391 e. The van der Waals surface area contributed by atoms with E-state index in [0.717, 1.165) is 48.9 Å². The van der Waals surface area contributed by atoms with E-state index in [1.165, 1.54) is 93.9 Å². The second-order valence-electron chi connectivity index (χ2n) is 12.8. The maximum absolute atomic E-state index is 4.88. The number of aryl methyl sites for hydroxylation is 1.